The quantitative estimate of drug-likeness (QED) is 0.689. The Balaban J connectivity index is 1.60. The van der Waals surface area contributed by atoms with E-state index in [1.165, 1.54) is 5.56 Å². The Morgan fingerprint density at radius 1 is 1.15 bits per heavy atom. The Morgan fingerprint density at radius 3 is 2.59 bits per heavy atom. The lowest BCUT2D eigenvalue weighted by molar-refractivity contribution is 0.102. The lowest BCUT2D eigenvalue weighted by Crippen LogP contribution is -2.21. The molecule has 1 aromatic carbocycles. The van der Waals surface area contributed by atoms with Gasteiger partial charge in [-0.2, -0.15) is 0 Å². The van der Waals surface area contributed by atoms with Crippen LogP contribution in [0, 0.1) is 6.92 Å². The Labute approximate surface area is 164 Å². The fourth-order valence-electron chi connectivity index (χ4n) is 2.59. The summed E-state index contributed by atoms with van der Waals surface area (Å²) < 4.78 is 0. The molecule has 0 bridgehead atoms. The highest BCUT2D eigenvalue weighted by Crippen LogP contribution is 2.20. The number of amides is 1. The highest BCUT2D eigenvalue weighted by atomic mass is 35.5. The van der Waals surface area contributed by atoms with Crippen molar-refractivity contribution < 1.29 is 4.79 Å². The van der Waals surface area contributed by atoms with Gasteiger partial charge in [-0.3, -0.25) is 9.78 Å². The fraction of sp³-hybridized carbons (Fsp3) is 0.190. The van der Waals surface area contributed by atoms with Crippen molar-refractivity contribution in [1.82, 2.24) is 9.97 Å². The third kappa shape index (κ3) is 5.05. The van der Waals surface area contributed by atoms with Crippen molar-refractivity contribution in [2.75, 3.05) is 23.8 Å². The highest BCUT2D eigenvalue weighted by Gasteiger charge is 2.10. The van der Waals surface area contributed by atoms with E-state index in [-0.39, 0.29) is 5.91 Å². The van der Waals surface area contributed by atoms with Crippen molar-refractivity contribution in [3.05, 3.63) is 82.9 Å². The molecule has 0 saturated heterocycles. The zero-order valence-electron chi connectivity index (χ0n) is 15.3. The molecule has 3 aromatic rings. The normalized spacial score (nSPS) is 10.5. The van der Waals surface area contributed by atoms with Crippen LogP contribution in [-0.2, 0) is 6.42 Å². The summed E-state index contributed by atoms with van der Waals surface area (Å²) in [6.45, 7) is 2.76. The van der Waals surface area contributed by atoms with Gasteiger partial charge in [0.2, 0.25) is 0 Å². The number of hydrogen-bond donors (Lipinski definition) is 1. The number of benzene rings is 1. The molecule has 0 unspecified atom stereocenters. The number of pyridine rings is 2. The van der Waals surface area contributed by atoms with Gasteiger partial charge in [0.15, 0.2) is 0 Å². The lowest BCUT2D eigenvalue weighted by Gasteiger charge is -2.19. The van der Waals surface area contributed by atoms with Crippen molar-refractivity contribution in [2.24, 2.45) is 0 Å². The molecule has 1 amide bonds. The van der Waals surface area contributed by atoms with E-state index in [0.29, 0.717) is 16.4 Å². The van der Waals surface area contributed by atoms with E-state index in [0.717, 1.165) is 24.2 Å². The number of hydrogen-bond acceptors (Lipinski definition) is 4. The number of nitrogens with zero attached hydrogens (tertiary/aromatic N) is 3. The van der Waals surface area contributed by atoms with Crippen LogP contribution in [0.15, 0.2) is 61.1 Å². The highest BCUT2D eigenvalue weighted by molar-refractivity contribution is 6.31. The standard InChI is InChI=1S/C21H21ClN4O/c1-15-3-4-17(13-19(15)22)25-21(27)20-6-5-18(14-24-20)26(2)12-9-16-7-10-23-11-8-16/h3-8,10-11,13-14H,9,12H2,1-2H3,(H,25,27). The SMILES string of the molecule is Cc1ccc(NC(=O)c2ccc(N(C)CCc3ccncc3)cn2)cc1Cl. The second-order valence-corrected chi connectivity index (χ2v) is 6.75. The number of carbonyl (C=O) groups excluding carboxylic acids is 1. The molecule has 0 atom stereocenters. The van der Waals surface area contributed by atoms with Crippen LogP contribution < -0.4 is 10.2 Å². The maximum atomic E-state index is 12.4. The summed E-state index contributed by atoms with van der Waals surface area (Å²) in [5.41, 5.74) is 4.16. The van der Waals surface area contributed by atoms with E-state index >= 15 is 0 Å². The summed E-state index contributed by atoms with van der Waals surface area (Å²) in [5.74, 6) is -0.263. The molecule has 0 aliphatic rings. The number of aryl methyl sites for hydroxylation is 1. The van der Waals surface area contributed by atoms with Gasteiger partial charge in [0, 0.05) is 36.7 Å². The van der Waals surface area contributed by atoms with Gasteiger partial charge >= 0.3 is 0 Å². The molecular formula is C21H21ClN4O. The topological polar surface area (TPSA) is 58.1 Å². The summed E-state index contributed by atoms with van der Waals surface area (Å²) in [6, 6.07) is 13.1. The van der Waals surface area contributed by atoms with Gasteiger partial charge in [0.1, 0.15) is 5.69 Å². The molecule has 0 spiro atoms. The Morgan fingerprint density at radius 2 is 1.93 bits per heavy atom. The molecule has 138 valence electrons. The minimum atomic E-state index is -0.263. The van der Waals surface area contributed by atoms with E-state index in [9.17, 15) is 4.79 Å². The van der Waals surface area contributed by atoms with Gasteiger partial charge in [-0.15, -0.1) is 0 Å². The molecule has 0 aliphatic heterocycles. The smallest absolute Gasteiger partial charge is 0.274 e. The van der Waals surface area contributed by atoms with E-state index < -0.39 is 0 Å². The third-order valence-corrected chi connectivity index (χ3v) is 4.74. The summed E-state index contributed by atoms with van der Waals surface area (Å²) in [5, 5.41) is 3.43. The number of nitrogens with one attached hydrogen (secondary N) is 1. The van der Waals surface area contributed by atoms with Gasteiger partial charge in [-0.25, -0.2) is 4.98 Å². The monoisotopic (exact) mass is 380 g/mol. The molecule has 27 heavy (non-hydrogen) atoms. The van der Waals surface area contributed by atoms with Crippen LogP contribution in [0.2, 0.25) is 5.02 Å². The van der Waals surface area contributed by atoms with E-state index in [4.69, 9.17) is 11.6 Å². The van der Waals surface area contributed by atoms with Crippen molar-refractivity contribution >= 4 is 28.9 Å². The predicted molar refractivity (Wildman–Crippen MR) is 110 cm³/mol. The van der Waals surface area contributed by atoms with Gasteiger partial charge in [0.05, 0.1) is 11.9 Å². The summed E-state index contributed by atoms with van der Waals surface area (Å²) in [4.78, 5) is 22.8. The second kappa shape index (κ2) is 8.64. The maximum Gasteiger partial charge on any atom is 0.274 e. The van der Waals surface area contributed by atoms with Gasteiger partial charge in [-0.1, -0.05) is 17.7 Å². The largest absolute Gasteiger partial charge is 0.373 e. The zero-order valence-corrected chi connectivity index (χ0v) is 16.1. The predicted octanol–water partition coefficient (Wildman–Crippen LogP) is 4.37. The number of halogens is 1. The van der Waals surface area contributed by atoms with Crippen molar-refractivity contribution in [3.63, 3.8) is 0 Å². The first-order valence-electron chi connectivity index (χ1n) is 8.66. The Bertz CT molecular complexity index is 913. The Hall–Kier alpha value is -2.92. The van der Waals surface area contributed by atoms with Crippen LogP contribution in [0.25, 0.3) is 0 Å². The van der Waals surface area contributed by atoms with Gasteiger partial charge < -0.3 is 10.2 Å². The van der Waals surface area contributed by atoms with Gasteiger partial charge in [0.25, 0.3) is 5.91 Å². The summed E-state index contributed by atoms with van der Waals surface area (Å²) >= 11 is 6.10. The number of likely N-dealkylation sites (N-methyl/N-ethyl adjacent to an activating group) is 1. The molecule has 0 saturated carbocycles. The van der Waals surface area contributed by atoms with Crippen molar-refractivity contribution in [3.8, 4) is 0 Å². The molecule has 0 radical (unpaired) electrons. The molecule has 1 N–H and O–H groups in total. The summed E-state index contributed by atoms with van der Waals surface area (Å²) in [6.07, 6.45) is 6.22. The van der Waals surface area contributed by atoms with Crippen LogP contribution in [0.3, 0.4) is 0 Å². The number of carbonyl (C=O) groups is 1. The Kier molecular flexibility index (Phi) is 6.04. The lowest BCUT2D eigenvalue weighted by atomic mass is 10.2. The number of rotatable bonds is 6. The first kappa shape index (κ1) is 18.9. The molecule has 3 rings (SSSR count). The van der Waals surface area contributed by atoms with Crippen LogP contribution in [0.1, 0.15) is 21.6 Å². The van der Waals surface area contributed by atoms with Crippen LogP contribution >= 0.6 is 11.6 Å². The fourth-order valence-corrected chi connectivity index (χ4v) is 2.77. The van der Waals surface area contributed by atoms with Gasteiger partial charge in [-0.05, 0) is 60.9 Å². The first-order valence-corrected chi connectivity index (χ1v) is 9.04. The van der Waals surface area contributed by atoms with Crippen LogP contribution in [0.5, 0.6) is 0 Å². The van der Waals surface area contributed by atoms with E-state index in [1.807, 2.05) is 44.3 Å². The molecule has 5 nitrogen and oxygen atoms in total. The maximum absolute atomic E-state index is 12.4. The van der Waals surface area contributed by atoms with Crippen LogP contribution in [0.4, 0.5) is 11.4 Å². The minimum Gasteiger partial charge on any atom is -0.373 e. The first-order chi connectivity index (χ1) is 13.0. The minimum absolute atomic E-state index is 0.263. The second-order valence-electron chi connectivity index (χ2n) is 6.35. The van der Waals surface area contributed by atoms with Crippen LogP contribution in [-0.4, -0.2) is 29.5 Å². The summed E-state index contributed by atoms with van der Waals surface area (Å²) in [7, 11) is 2.01. The van der Waals surface area contributed by atoms with E-state index in [1.54, 1.807) is 30.7 Å². The zero-order chi connectivity index (χ0) is 19.2. The molecule has 6 heteroatoms. The molecule has 2 heterocycles. The number of anilines is 2. The molecular weight excluding hydrogens is 360 g/mol. The molecule has 0 aliphatic carbocycles. The number of aromatic nitrogens is 2. The third-order valence-electron chi connectivity index (χ3n) is 4.34. The molecule has 2 aromatic heterocycles. The van der Waals surface area contributed by atoms with E-state index in [2.05, 4.69) is 20.2 Å². The molecule has 0 fully saturated rings. The average molecular weight is 381 g/mol. The van der Waals surface area contributed by atoms with Crippen molar-refractivity contribution in [2.45, 2.75) is 13.3 Å². The van der Waals surface area contributed by atoms with Crippen molar-refractivity contribution in [1.29, 1.82) is 0 Å². The average Bonchev–Trinajstić information content (AvgIpc) is 2.70.